The van der Waals surface area contributed by atoms with Crippen molar-refractivity contribution in [1.82, 2.24) is 10.6 Å². The van der Waals surface area contributed by atoms with Gasteiger partial charge in [-0.15, -0.1) is 0 Å². The molecule has 1 saturated heterocycles. The third-order valence-electron chi connectivity index (χ3n) is 5.41. The predicted octanol–water partition coefficient (Wildman–Crippen LogP) is 3.37. The molecule has 1 fully saturated rings. The molecule has 1 aliphatic heterocycles. The highest BCUT2D eigenvalue weighted by molar-refractivity contribution is 5.83. The van der Waals surface area contributed by atoms with Crippen molar-refractivity contribution < 1.29 is 19.8 Å². The normalized spacial score (nSPS) is 19.6. The van der Waals surface area contributed by atoms with Crippen LogP contribution in [0.3, 0.4) is 0 Å². The number of hydrogen-bond acceptors (Lipinski definition) is 4. The number of unbranched alkanes of at least 4 members (excludes halogenated alkanes) is 9. The second-order valence-electron chi connectivity index (χ2n) is 7.88. The van der Waals surface area contributed by atoms with Gasteiger partial charge in [0.05, 0.1) is 6.61 Å². The Morgan fingerprint density at radius 2 is 1.41 bits per heavy atom. The molecule has 1 amide bonds. The summed E-state index contributed by atoms with van der Waals surface area (Å²) < 4.78 is 0. The number of aliphatic hydroxyl groups is 1. The molecule has 2 unspecified atom stereocenters. The Balaban J connectivity index is 1.86. The first kappa shape index (κ1) is 23.9. The zero-order valence-electron chi connectivity index (χ0n) is 17.0. The van der Waals surface area contributed by atoms with Crippen molar-refractivity contribution in [2.45, 2.75) is 115 Å². The Morgan fingerprint density at radius 1 is 0.889 bits per heavy atom. The molecule has 0 radical (unpaired) electrons. The van der Waals surface area contributed by atoms with E-state index in [1.807, 2.05) is 0 Å². The molecule has 0 aromatic carbocycles. The SMILES string of the molecule is CCCCCCCCC1NC1CCCCCCCC(=O)N[C@@H](CO)C(=O)O. The van der Waals surface area contributed by atoms with E-state index in [4.69, 9.17) is 10.2 Å². The first-order valence-corrected chi connectivity index (χ1v) is 11.0. The molecule has 1 heterocycles. The lowest BCUT2D eigenvalue weighted by atomic mass is 10.0. The summed E-state index contributed by atoms with van der Waals surface area (Å²) in [5.74, 6) is -1.49. The topological polar surface area (TPSA) is 109 Å². The van der Waals surface area contributed by atoms with Crippen LogP contribution in [0.5, 0.6) is 0 Å². The summed E-state index contributed by atoms with van der Waals surface area (Å²) in [6, 6.07) is 0.305. The fourth-order valence-electron chi connectivity index (χ4n) is 3.57. The smallest absolute Gasteiger partial charge is 0.328 e. The van der Waals surface area contributed by atoms with Gasteiger partial charge in [-0.2, -0.15) is 0 Å². The van der Waals surface area contributed by atoms with Crippen molar-refractivity contribution in [3.05, 3.63) is 0 Å². The number of rotatable bonds is 18. The Morgan fingerprint density at radius 3 is 1.93 bits per heavy atom. The summed E-state index contributed by atoms with van der Waals surface area (Å²) in [6.07, 6.45) is 16.4. The second kappa shape index (κ2) is 14.9. The minimum Gasteiger partial charge on any atom is -0.480 e. The monoisotopic (exact) mass is 384 g/mol. The molecule has 0 aromatic heterocycles. The van der Waals surface area contributed by atoms with Crippen LogP contribution in [0, 0.1) is 0 Å². The van der Waals surface area contributed by atoms with Gasteiger partial charge < -0.3 is 20.8 Å². The number of carbonyl (C=O) groups is 2. The van der Waals surface area contributed by atoms with Crippen molar-refractivity contribution in [2.75, 3.05) is 6.61 Å². The fourth-order valence-corrected chi connectivity index (χ4v) is 3.57. The molecule has 1 rings (SSSR count). The van der Waals surface area contributed by atoms with Crippen molar-refractivity contribution in [3.8, 4) is 0 Å². The molecule has 3 atom stereocenters. The first-order valence-electron chi connectivity index (χ1n) is 11.0. The lowest BCUT2D eigenvalue weighted by Crippen LogP contribution is -2.43. The Hall–Kier alpha value is -1.14. The van der Waals surface area contributed by atoms with Gasteiger partial charge in [-0.1, -0.05) is 71.1 Å². The number of amides is 1. The summed E-state index contributed by atoms with van der Waals surface area (Å²) in [4.78, 5) is 22.3. The number of carboxylic acid groups (broad SMARTS) is 1. The van der Waals surface area contributed by atoms with E-state index in [0.29, 0.717) is 6.42 Å². The summed E-state index contributed by atoms with van der Waals surface area (Å²) in [5, 5.41) is 23.6. The van der Waals surface area contributed by atoms with Crippen LogP contribution in [0.1, 0.15) is 96.8 Å². The van der Waals surface area contributed by atoms with E-state index >= 15 is 0 Å². The number of nitrogens with one attached hydrogen (secondary N) is 2. The minimum absolute atomic E-state index is 0.295. The highest BCUT2D eigenvalue weighted by atomic mass is 16.4. The number of aliphatic carboxylic acids is 1. The van der Waals surface area contributed by atoms with E-state index in [9.17, 15) is 9.59 Å². The summed E-state index contributed by atoms with van der Waals surface area (Å²) in [6.45, 7) is 1.68. The van der Waals surface area contributed by atoms with Crippen LogP contribution in [0.4, 0.5) is 0 Å². The minimum atomic E-state index is -1.20. The van der Waals surface area contributed by atoms with Crippen LogP contribution in [0.2, 0.25) is 0 Å². The average molecular weight is 385 g/mol. The molecule has 0 spiro atoms. The third-order valence-corrected chi connectivity index (χ3v) is 5.41. The van der Waals surface area contributed by atoms with Crippen LogP contribution in [-0.4, -0.2) is 46.8 Å². The number of hydrogen-bond donors (Lipinski definition) is 4. The van der Waals surface area contributed by atoms with Crippen molar-refractivity contribution in [3.63, 3.8) is 0 Å². The van der Waals surface area contributed by atoms with E-state index in [1.54, 1.807) is 0 Å². The van der Waals surface area contributed by atoms with Gasteiger partial charge in [-0.3, -0.25) is 4.79 Å². The van der Waals surface area contributed by atoms with Gasteiger partial charge in [-0.05, 0) is 19.3 Å². The van der Waals surface area contributed by atoms with E-state index in [-0.39, 0.29) is 5.91 Å². The molecule has 4 N–H and O–H groups in total. The number of carboxylic acids is 1. The van der Waals surface area contributed by atoms with Gasteiger partial charge >= 0.3 is 5.97 Å². The van der Waals surface area contributed by atoms with Crippen molar-refractivity contribution in [1.29, 1.82) is 0 Å². The molecule has 6 heteroatoms. The predicted molar refractivity (Wildman–Crippen MR) is 108 cm³/mol. The van der Waals surface area contributed by atoms with Gasteiger partial charge in [-0.25, -0.2) is 4.79 Å². The molecule has 6 nitrogen and oxygen atoms in total. The highest BCUT2D eigenvalue weighted by Crippen LogP contribution is 2.24. The summed E-state index contributed by atoms with van der Waals surface area (Å²) in [5.41, 5.74) is 0. The van der Waals surface area contributed by atoms with Crippen LogP contribution < -0.4 is 10.6 Å². The molecular weight excluding hydrogens is 344 g/mol. The van der Waals surface area contributed by atoms with E-state index < -0.39 is 18.6 Å². The maximum Gasteiger partial charge on any atom is 0.328 e. The van der Waals surface area contributed by atoms with Gasteiger partial charge in [0.2, 0.25) is 5.91 Å². The van der Waals surface area contributed by atoms with Gasteiger partial charge in [0.25, 0.3) is 0 Å². The highest BCUT2D eigenvalue weighted by Gasteiger charge is 2.33. The van der Waals surface area contributed by atoms with Crippen LogP contribution >= 0.6 is 0 Å². The maximum absolute atomic E-state index is 11.6. The number of aliphatic hydroxyl groups excluding tert-OH is 1. The maximum atomic E-state index is 11.6. The molecule has 158 valence electrons. The molecule has 1 aliphatic rings. The Labute approximate surface area is 164 Å². The molecule has 27 heavy (non-hydrogen) atoms. The van der Waals surface area contributed by atoms with Gasteiger partial charge in [0.15, 0.2) is 0 Å². The van der Waals surface area contributed by atoms with Crippen molar-refractivity contribution >= 4 is 11.9 Å². The second-order valence-corrected chi connectivity index (χ2v) is 7.88. The molecule has 0 aromatic rings. The lowest BCUT2D eigenvalue weighted by Gasteiger charge is -2.11. The van der Waals surface area contributed by atoms with Crippen LogP contribution in [0.15, 0.2) is 0 Å². The van der Waals surface area contributed by atoms with Gasteiger partial charge in [0.1, 0.15) is 6.04 Å². The van der Waals surface area contributed by atoms with Crippen molar-refractivity contribution in [2.24, 2.45) is 0 Å². The van der Waals surface area contributed by atoms with Crippen LogP contribution in [-0.2, 0) is 9.59 Å². The van der Waals surface area contributed by atoms with Gasteiger partial charge in [0, 0.05) is 18.5 Å². The van der Waals surface area contributed by atoms with E-state index in [2.05, 4.69) is 17.6 Å². The lowest BCUT2D eigenvalue weighted by molar-refractivity contribution is -0.142. The van der Waals surface area contributed by atoms with Crippen LogP contribution in [0.25, 0.3) is 0 Å². The summed E-state index contributed by atoms with van der Waals surface area (Å²) in [7, 11) is 0. The largest absolute Gasteiger partial charge is 0.480 e. The first-order chi connectivity index (χ1) is 13.1. The average Bonchev–Trinajstić information content (AvgIpc) is 3.39. The third kappa shape index (κ3) is 12.0. The molecule has 0 saturated carbocycles. The Kier molecular flexibility index (Phi) is 13.2. The molecule has 0 aliphatic carbocycles. The quantitative estimate of drug-likeness (QED) is 0.214. The summed E-state index contributed by atoms with van der Waals surface area (Å²) >= 11 is 0. The molecular formula is C21H40N2O4. The standard InChI is InChI=1S/C21H40N2O4/c1-2-3-4-5-7-10-13-17-18(22-17)14-11-8-6-9-12-15-20(25)23-19(16-24)21(26)27/h17-19,22,24H,2-16H2,1H3,(H,23,25)(H,26,27)/t17?,18?,19-/m0/s1. The number of carbonyl (C=O) groups excluding carboxylic acids is 1. The van der Waals surface area contributed by atoms with E-state index in [1.165, 1.54) is 64.2 Å². The zero-order valence-corrected chi connectivity index (χ0v) is 17.0. The fraction of sp³-hybridized carbons (Fsp3) is 0.905. The Bertz CT molecular complexity index is 417. The van der Waals surface area contributed by atoms with E-state index in [0.717, 1.165) is 31.3 Å². The zero-order chi connectivity index (χ0) is 19.9. The molecule has 0 bridgehead atoms.